The zero-order chi connectivity index (χ0) is 13.2. The number of nitrogens with two attached hydrogens (primary N) is 1. The molecular formula is C15H26N2. The summed E-state index contributed by atoms with van der Waals surface area (Å²) >= 11 is 0. The van der Waals surface area contributed by atoms with Crippen LogP contribution in [0, 0.1) is 27.7 Å². The molecule has 3 N–H and O–H groups in total. The van der Waals surface area contributed by atoms with Crippen LogP contribution in [0.5, 0.6) is 0 Å². The van der Waals surface area contributed by atoms with Gasteiger partial charge in [-0.05, 0) is 55.5 Å². The first-order chi connectivity index (χ1) is 7.84. The Balaban J connectivity index is 3.03. The van der Waals surface area contributed by atoms with Gasteiger partial charge in [-0.1, -0.05) is 19.9 Å². The molecule has 1 atom stereocenters. The molecule has 2 heteroatoms. The number of aryl methyl sites for hydroxylation is 2. The maximum Gasteiger partial charge on any atom is 0.0427 e. The van der Waals surface area contributed by atoms with Crippen LogP contribution in [-0.4, -0.2) is 12.6 Å². The van der Waals surface area contributed by atoms with Crippen LogP contribution in [0.1, 0.15) is 47.7 Å². The fourth-order valence-corrected chi connectivity index (χ4v) is 2.27. The van der Waals surface area contributed by atoms with E-state index in [1.165, 1.54) is 27.8 Å². The van der Waals surface area contributed by atoms with E-state index in [2.05, 4.69) is 52.9 Å². The highest BCUT2D eigenvalue weighted by atomic mass is 14.9. The molecule has 0 aliphatic carbocycles. The number of benzene rings is 1. The van der Waals surface area contributed by atoms with Crippen molar-refractivity contribution >= 4 is 0 Å². The van der Waals surface area contributed by atoms with Crippen LogP contribution >= 0.6 is 0 Å². The first kappa shape index (κ1) is 14.2. The summed E-state index contributed by atoms with van der Waals surface area (Å²) in [5, 5.41) is 3.41. The van der Waals surface area contributed by atoms with Crippen molar-refractivity contribution in [2.75, 3.05) is 6.54 Å². The molecule has 1 unspecified atom stereocenters. The molecular weight excluding hydrogens is 208 g/mol. The van der Waals surface area contributed by atoms with Crippen LogP contribution in [0.3, 0.4) is 0 Å². The molecule has 96 valence electrons. The van der Waals surface area contributed by atoms with Crippen molar-refractivity contribution in [3.63, 3.8) is 0 Å². The van der Waals surface area contributed by atoms with Gasteiger partial charge in [-0.15, -0.1) is 0 Å². The van der Waals surface area contributed by atoms with E-state index in [0.717, 1.165) is 6.54 Å². The van der Waals surface area contributed by atoms with E-state index in [1.54, 1.807) is 0 Å². The summed E-state index contributed by atoms with van der Waals surface area (Å²) in [6, 6.07) is 2.81. The maximum absolute atomic E-state index is 6.32. The average Bonchev–Trinajstić information content (AvgIpc) is 2.24. The Labute approximate surface area is 106 Å². The van der Waals surface area contributed by atoms with Crippen LogP contribution in [0.4, 0.5) is 0 Å². The van der Waals surface area contributed by atoms with Gasteiger partial charge in [0.05, 0.1) is 0 Å². The summed E-state index contributed by atoms with van der Waals surface area (Å²) in [4.78, 5) is 0. The normalized spacial score (nSPS) is 13.2. The molecule has 17 heavy (non-hydrogen) atoms. The minimum Gasteiger partial charge on any atom is -0.323 e. The van der Waals surface area contributed by atoms with Crippen molar-refractivity contribution in [2.24, 2.45) is 5.73 Å². The fourth-order valence-electron chi connectivity index (χ4n) is 2.27. The van der Waals surface area contributed by atoms with E-state index in [1.807, 2.05) is 0 Å². The van der Waals surface area contributed by atoms with Crippen LogP contribution in [0.15, 0.2) is 6.07 Å². The van der Waals surface area contributed by atoms with E-state index >= 15 is 0 Å². The van der Waals surface area contributed by atoms with Gasteiger partial charge < -0.3 is 11.1 Å². The first-order valence-electron chi connectivity index (χ1n) is 6.40. The van der Waals surface area contributed by atoms with Gasteiger partial charge >= 0.3 is 0 Å². The van der Waals surface area contributed by atoms with Crippen molar-refractivity contribution in [3.05, 3.63) is 33.9 Å². The van der Waals surface area contributed by atoms with Crippen molar-refractivity contribution < 1.29 is 0 Å². The summed E-state index contributed by atoms with van der Waals surface area (Å²) in [5.41, 5.74) is 13.0. The third kappa shape index (κ3) is 3.30. The van der Waals surface area contributed by atoms with Crippen LogP contribution in [0.2, 0.25) is 0 Å². The minimum atomic E-state index is 0.0796. The lowest BCUT2D eigenvalue weighted by atomic mass is 9.90. The predicted molar refractivity (Wildman–Crippen MR) is 75.5 cm³/mol. The van der Waals surface area contributed by atoms with E-state index in [9.17, 15) is 0 Å². The fraction of sp³-hybridized carbons (Fsp3) is 0.600. The predicted octanol–water partition coefficient (Wildman–Crippen LogP) is 2.92. The topological polar surface area (TPSA) is 38.0 Å². The largest absolute Gasteiger partial charge is 0.323 e. The quantitative estimate of drug-likeness (QED) is 0.840. The molecule has 0 saturated carbocycles. The monoisotopic (exact) mass is 234 g/mol. The van der Waals surface area contributed by atoms with Gasteiger partial charge in [0.2, 0.25) is 0 Å². The first-order valence-corrected chi connectivity index (χ1v) is 6.40. The summed E-state index contributed by atoms with van der Waals surface area (Å²) in [7, 11) is 0. The van der Waals surface area contributed by atoms with Gasteiger partial charge in [0.25, 0.3) is 0 Å². The highest BCUT2D eigenvalue weighted by Gasteiger charge is 2.15. The second-order valence-electron chi connectivity index (χ2n) is 5.34. The number of nitrogens with one attached hydrogen (secondary N) is 1. The summed E-state index contributed by atoms with van der Waals surface area (Å²) in [6.07, 6.45) is 0. The Morgan fingerprint density at radius 1 is 1.06 bits per heavy atom. The van der Waals surface area contributed by atoms with Crippen molar-refractivity contribution in [1.29, 1.82) is 0 Å². The minimum absolute atomic E-state index is 0.0796. The lowest BCUT2D eigenvalue weighted by Crippen LogP contribution is -2.32. The summed E-state index contributed by atoms with van der Waals surface area (Å²) in [6.45, 7) is 13.8. The molecule has 0 amide bonds. The van der Waals surface area contributed by atoms with Gasteiger partial charge in [-0.3, -0.25) is 0 Å². The van der Waals surface area contributed by atoms with Crippen molar-refractivity contribution in [1.82, 2.24) is 5.32 Å². The molecule has 0 saturated heterocycles. The van der Waals surface area contributed by atoms with Crippen molar-refractivity contribution in [2.45, 2.75) is 53.6 Å². The highest BCUT2D eigenvalue weighted by Crippen LogP contribution is 2.25. The molecule has 0 bridgehead atoms. The smallest absolute Gasteiger partial charge is 0.0427 e. The molecule has 0 aliphatic heterocycles. The van der Waals surface area contributed by atoms with E-state index in [0.29, 0.717) is 6.04 Å². The SMILES string of the molecule is Cc1cc(C)c(C)c(C(N)CNC(C)C)c1C. The second kappa shape index (κ2) is 5.65. The van der Waals surface area contributed by atoms with Crippen LogP contribution in [-0.2, 0) is 0 Å². The van der Waals surface area contributed by atoms with Gasteiger partial charge in [0.1, 0.15) is 0 Å². The molecule has 0 aromatic heterocycles. The Morgan fingerprint density at radius 3 is 1.94 bits per heavy atom. The van der Waals surface area contributed by atoms with Gasteiger partial charge in [-0.2, -0.15) is 0 Å². The van der Waals surface area contributed by atoms with Gasteiger partial charge in [-0.25, -0.2) is 0 Å². The molecule has 0 spiro atoms. The van der Waals surface area contributed by atoms with Crippen molar-refractivity contribution in [3.8, 4) is 0 Å². The lowest BCUT2D eigenvalue weighted by molar-refractivity contribution is 0.535. The van der Waals surface area contributed by atoms with Gasteiger partial charge in [0, 0.05) is 18.6 Å². The summed E-state index contributed by atoms with van der Waals surface area (Å²) in [5.74, 6) is 0. The Kier molecular flexibility index (Phi) is 4.72. The van der Waals surface area contributed by atoms with Gasteiger partial charge in [0.15, 0.2) is 0 Å². The molecule has 2 nitrogen and oxygen atoms in total. The second-order valence-corrected chi connectivity index (χ2v) is 5.34. The molecule has 0 heterocycles. The standard InChI is InChI=1S/C15H26N2/c1-9(2)17-8-14(16)15-12(5)10(3)7-11(4)13(15)6/h7,9,14,17H,8,16H2,1-6H3. The van der Waals surface area contributed by atoms with E-state index in [4.69, 9.17) is 5.73 Å². The number of hydrogen-bond donors (Lipinski definition) is 2. The van der Waals surface area contributed by atoms with E-state index < -0.39 is 0 Å². The lowest BCUT2D eigenvalue weighted by Gasteiger charge is -2.22. The Morgan fingerprint density at radius 2 is 1.53 bits per heavy atom. The third-order valence-electron chi connectivity index (χ3n) is 3.54. The molecule has 1 aromatic rings. The zero-order valence-electron chi connectivity index (χ0n) is 12.0. The molecule has 1 rings (SSSR count). The Bertz CT molecular complexity index is 368. The highest BCUT2D eigenvalue weighted by molar-refractivity contribution is 5.45. The number of rotatable bonds is 4. The third-order valence-corrected chi connectivity index (χ3v) is 3.54. The van der Waals surface area contributed by atoms with E-state index in [-0.39, 0.29) is 6.04 Å². The van der Waals surface area contributed by atoms with Crippen LogP contribution < -0.4 is 11.1 Å². The average molecular weight is 234 g/mol. The summed E-state index contributed by atoms with van der Waals surface area (Å²) < 4.78 is 0. The number of hydrogen-bond acceptors (Lipinski definition) is 2. The van der Waals surface area contributed by atoms with Crippen LogP contribution in [0.25, 0.3) is 0 Å². The maximum atomic E-state index is 6.32. The Hall–Kier alpha value is -0.860. The molecule has 0 fully saturated rings. The molecule has 1 aromatic carbocycles. The molecule has 0 radical (unpaired) electrons. The zero-order valence-corrected chi connectivity index (χ0v) is 12.0. The molecule has 0 aliphatic rings.